The molecule has 0 aliphatic heterocycles. The van der Waals surface area contributed by atoms with E-state index in [4.69, 9.17) is 24.4 Å². The second-order valence-electron chi connectivity index (χ2n) is 13.2. The van der Waals surface area contributed by atoms with Crippen LogP contribution in [0, 0.1) is 17.3 Å². The van der Waals surface area contributed by atoms with E-state index >= 15 is 0 Å². The Morgan fingerprint density at radius 3 is 1.74 bits per heavy atom. The van der Waals surface area contributed by atoms with Crippen molar-refractivity contribution < 1.29 is 43.9 Å². The highest BCUT2D eigenvalue weighted by Crippen LogP contribution is 2.33. The summed E-state index contributed by atoms with van der Waals surface area (Å²) in [6.07, 6.45) is 16.8. The normalized spacial score (nSPS) is 17.9. The Labute approximate surface area is 260 Å². The van der Waals surface area contributed by atoms with Crippen LogP contribution >= 0.6 is 0 Å². The van der Waals surface area contributed by atoms with Crippen LogP contribution in [0.25, 0.3) is 0 Å². The molecule has 252 valence electrons. The first kappa shape index (κ1) is 39.3. The Hall–Kier alpha value is -1.71. The molecule has 3 atom stereocenters. The maximum atomic E-state index is 13.3. The monoisotopic (exact) mass is 614 g/mol. The average Bonchev–Trinajstić information content (AvgIpc) is 3.01. The van der Waals surface area contributed by atoms with Gasteiger partial charge in [0.15, 0.2) is 0 Å². The molecule has 3 N–H and O–H groups in total. The molecule has 0 radical (unpaired) electrons. The highest BCUT2D eigenvalue weighted by atomic mass is 16.6. The summed E-state index contributed by atoms with van der Waals surface area (Å²) in [7, 11) is 0. The van der Waals surface area contributed by atoms with Crippen LogP contribution in [0.15, 0.2) is 0 Å². The summed E-state index contributed by atoms with van der Waals surface area (Å²) in [6.45, 7) is 5.18. The van der Waals surface area contributed by atoms with Crippen molar-refractivity contribution in [3.63, 3.8) is 0 Å². The third-order valence-corrected chi connectivity index (χ3v) is 8.43. The Morgan fingerprint density at radius 1 is 0.698 bits per heavy atom. The number of carbonyl (C=O) groups is 3. The molecule has 43 heavy (non-hydrogen) atoms. The molecule has 0 heterocycles. The second kappa shape index (κ2) is 23.6. The standard InChI is InChI=1S/C34H62O9/c1-4-5-6-13-18-27(19-14-11-9-7-8-10-12-15-22-31(38)42-28(23-35)24-36)43-33(40)30-21-17-16-20-29(30)32(39)41-26-34(2,3)25-37/h27-30,35-37H,4-26H2,1-3H3. The number of carbonyl (C=O) groups excluding carboxylic acids is 3. The van der Waals surface area contributed by atoms with Crippen LogP contribution < -0.4 is 0 Å². The first-order valence-corrected chi connectivity index (χ1v) is 17.1. The van der Waals surface area contributed by atoms with E-state index in [1.165, 1.54) is 6.42 Å². The first-order valence-electron chi connectivity index (χ1n) is 17.1. The predicted molar refractivity (Wildman–Crippen MR) is 166 cm³/mol. The largest absolute Gasteiger partial charge is 0.465 e. The van der Waals surface area contributed by atoms with Crippen molar-refractivity contribution in [2.45, 2.75) is 155 Å². The van der Waals surface area contributed by atoms with Crippen molar-refractivity contribution in [3.05, 3.63) is 0 Å². The zero-order valence-electron chi connectivity index (χ0n) is 27.4. The fourth-order valence-electron chi connectivity index (χ4n) is 5.51. The molecule has 0 saturated heterocycles. The summed E-state index contributed by atoms with van der Waals surface area (Å²) in [5.74, 6) is -1.90. The quantitative estimate of drug-likeness (QED) is 0.0638. The van der Waals surface area contributed by atoms with Crippen molar-refractivity contribution >= 4 is 17.9 Å². The number of hydrogen-bond donors (Lipinski definition) is 3. The zero-order chi connectivity index (χ0) is 31.9. The summed E-state index contributed by atoms with van der Waals surface area (Å²) in [6, 6.07) is 0. The summed E-state index contributed by atoms with van der Waals surface area (Å²) in [5.41, 5.74) is -0.508. The highest BCUT2D eigenvalue weighted by molar-refractivity contribution is 5.82. The Balaban J connectivity index is 2.42. The smallest absolute Gasteiger partial charge is 0.310 e. The van der Waals surface area contributed by atoms with Crippen LogP contribution in [0.1, 0.15) is 143 Å². The molecule has 3 unspecified atom stereocenters. The molecule has 9 nitrogen and oxygen atoms in total. The van der Waals surface area contributed by atoms with Crippen molar-refractivity contribution in [2.24, 2.45) is 17.3 Å². The molecule has 0 bridgehead atoms. The third kappa shape index (κ3) is 18.0. The van der Waals surface area contributed by atoms with Gasteiger partial charge in [-0.15, -0.1) is 0 Å². The average molecular weight is 615 g/mol. The van der Waals surface area contributed by atoms with E-state index in [1.807, 2.05) is 13.8 Å². The molecular weight excluding hydrogens is 552 g/mol. The van der Waals surface area contributed by atoms with Crippen molar-refractivity contribution in [1.29, 1.82) is 0 Å². The van der Waals surface area contributed by atoms with Gasteiger partial charge in [0.25, 0.3) is 0 Å². The lowest BCUT2D eigenvalue weighted by Crippen LogP contribution is -2.38. The summed E-state index contributed by atoms with van der Waals surface area (Å²) >= 11 is 0. The van der Waals surface area contributed by atoms with Crippen LogP contribution in [0.5, 0.6) is 0 Å². The topological polar surface area (TPSA) is 140 Å². The number of aliphatic hydroxyl groups excluding tert-OH is 3. The molecule has 1 aliphatic rings. The van der Waals surface area contributed by atoms with Crippen molar-refractivity contribution in [2.75, 3.05) is 26.4 Å². The lowest BCUT2D eigenvalue weighted by Gasteiger charge is -2.31. The Morgan fingerprint density at radius 2 is 1.21 bits per heavy atom. The zero-order valence-corrected chi connectivity index (χ0v) is 27.4. The molecule has 1 aliphatic carbocycles. The fourth-order valence-corrected chi connectivity index (χ4v) is 5.51. The van der Waals surface area contributed by atoms with Crippen molar-refractivity contribution in [3.8, 4) is 0 Å². The molecule has 0 aromatic heterocycles. The van der Waals surface area contributed by atoms with Crippen LogP contribution in [-0.4, -0.2) is 71.9 Å². The van der Waals surface area contributed by atoms with Crippen LogP contribution in [0.2, 0.25) is 0 Å². The SMILES string of the molecule is CCCCCCC(CCCCCCCCCCC(=O)OC(CO)CO)OC(=O)C1CCCCC1C(=O)OCC(C)(C)CO. The number of hydrogen-bond acceptors (Lipinski definition) is 9. The van der Waals surface area contributed by atoms with Gasteiger partial charge in [-0.05, 0) is 44.9 Å². The van der Waals surface area contributed by atoms with Gasteiger partial charge >= 0.3 is 17.9 Å². The van der Waals surface area contributed by atoms with Gasteiger partial charge in [-0.25, -0.2) is 0 Å². The number of aliphatic hydroxyl groups is 3. The molecule has 1 rings (SSSR count). The van der Waals surface area contributed by atoms with E-state index < -0.39 is 23.4 Å². The first-order chi connectivity index (χ1) is 20.7. The van der Waals surface area contributed by atoms with Gasteiger partial charge in [0.05, 0.1) is 38.3 Å². The van der Waals surface area contributed by atoms with Gasteiger partial charge in [0.1, 0.15) is 12.2 Å². The molecule has 0 amide bonds. The number of unbranched alkanes of at least 4 members (excludes halogenated alkanes) is 10. The van der Waals surface area contributed by atoms with Crippen LogP contribution in [0.3, 0.4) is 0 Å². The molecule has 1 fully saturated rings. The molecule has 1 saturated carbocycles. The lowest BCUT2D eigenvalue weighted by atomic mass is 9.79. The molecule has 0 aromatic rings. The van der Waals surface area contributed by atoms with Crippen LogP contribution in [-0.2, 0) is 28.6 Å². The van der Waals surface area contributed by atoms with Gasteiger partial charge < -0.3 is 29.5 Å². The summed E-state index contributed by atoms with van der Waals surface area (Å²) < 4.78 is 16.6. The van der Waals surface area contributed by atoms with E-state index in [2.05, 4.69) is 6.92 Å². The van der Waals surface area contributed by atoms with E-state index in [9.17, 15) is 19.5 Å². The minimum Gasteiger partial charge on any atom is -0.465 e. The van der Waals surface area contributed by atoms with E-state index in [0.29, 0.717) is 19.3 Å². The highest BCUT2D eigenvalue weighted by Gasteiger charge is 2.39. The fraction of sp³-hybridized carbons (Fsp3) is 0.912. The van der Waals surface area contributed by atoms with Gasteiger partial charge in [-0.1, -0.05) is 91.4 Å². The predicted octanol–water partition coefficient (Wildman–Crippen LogP) is 6.03. The van der Waals surface area contributed by atoms with Gasteiger partial charge in [0.2, 0.25) is 0 Å². The second-order valence-corrected chi connectivity index (χ2v) is 13.2. The Bertz CT molecular complexity index is 750. The van der Waals surface area contributed by atoms with E-state index in [1.54, 1.807) is 0 Å². The summed E-state index contributed by atoms with van der Waals surface area (Å²) in [4.78, 5) is 37.9. The van der Waals surface area contributed by atoms with Crippen molar-refractivity contribution in [1.82, 2.24) is 0 Å². The van der Waals surface area contributed by atoms with E-state index in [0.717, 1.165) is 96.3 Å². The molecular formula is C34H62O9. The summed E-state index contributed by atoms with van der Waals surface area (Å²) in [5, 5.41) is 27.4. The molecule has 9 heteroatoms. The minimum atomic E-state index is -0.824. The molecule has 0 spiro atoms. The Kier molecular flexibility index (Phi) is 21.6. The maximum absolute atomic E-state index is 13.3. The van der Waals surface area contributed by atoms with E-state index in [-0.39, 0.29) is 50.4 Å². The van der Waals surface area contributed by atoms with Crippen LogP contribution in [0.4, 0.5) is 0 Å². The third-order valence-electron chi connectivity index (χ3n) is 8.43. The maximum Gasteiger partial charge on any atom is 0.310 e. The number of esters is 3. The number of rotatable bonds is 25. The van der Waals surface area contributed by atoms with Gasteiger partial charge in [-0.3, -0.25) is 14.4 Å². The molecule has 0 aromatic carbocycles. The number of ether oxygens (including phenoxy) is 3. The van der Waals surface area contributed by atoms with Gasteiger partial charge in [-0.2, -0.15) is 0 Å². The lowest BCUT2D eigenvalue weighted by molar-refractivity contribution is -0.168. The minimum absolute atomic E-state index is 0.0755. The van der Waals surface area contributed by atoms with Gasteiger partial charge in [0, 0.05) is 11.8 Å².